The van der Waals surface area contributed by atoms with Gasteiger partial charge in [-0.1, -0.05) is 26.0 Å². The Kier molecular flexibility index (Phi) is 9.18. The van der Waals surface area contributed by atoms with Gasteiger partial charge in [-0.25, -0.2) is 0 Å². The summed E-state index contributed by atoms with van der Waals surface area (Å²) >= 11 is 0. The third kappa shape index (κ3) is 6.80. The second kappa shape index (κ2) is 11.9. The number of rotatable bonds is 12. The van der Waals surface area contributed by atoms with Gasteiger partial charge in [-0.05, 0) is 70.2 Å². The maximum Gasteiger partial charge on any atom is 0.240 e. The van der Waals surface area contributed by atoms with Crippen molar-refractivity contribution >= 4 is 29.0 Å². The zero-order valence-electron chi connectivity index (χ0n) is 23.0. The summed E-state index contributed by atoms with van der Waals surface area (Å²) in [5.41, 5.74) is 7.78. The van der Waals surface area contributed by atoms with Crippen molar-refractivity contribution in [1.82, 2.24) is 5.32 Å². The topological polar surface area (TPSA) is 109 Å². The quantitative estimate of drug-likeness (QED) is 0.446. The molecular weight excluding hydrogens is 468 g/mol. The van der Waals surface area contributed by atoms with Gasteiger partial charge in [0, 0.05) is 25.4 Å². The lowest BCUT2D eigenvalue weighted by atomic mass is 9.84. The lowest BCUT2D eigenvalue weighted by molar-refractivity contribution is -0.132. The number of nitrogens with two attached hydrogens (primary N) is 1. The zero-order chi connectivity index (χ0) is 27.3. The van der Waals surface area contributed by atoms with Gasteiger partial charge in [-0.2, -0.15) is 0 Å². The van der Waals surface area contributed by atoms with Crippen LogP contribution in [0.1, 0.15) is 65.7 Å². The van der Waals surface area contributed by atoms with E-state index in [9.17, 15) is 14.4 Å². The third-order valence-corrected chi connectivity index (χ3v) is 6.88. The first kappa shape index (κ1) is 28.4. The molecule has 0 radical (unpaired) electrons. The van der Waals surface area contributed by atoms with Crippen LogP contribution in [0.2, 0.25) is 0 Å². The number of hydrogen-bond acceptors (Lipinski definition) is 6. The molecule has 3 N–H and O–H groups in total. The number of carbonyl (C=O) groups is 3. The summed E-state index contributed by atoms with van der Waals surface area (Å²) in [4.78, 5) is 44.0. The van der Waals surface area contributed by atoms with Gasteiger partial charge in [0.05, 0.1) is 35.8 Å². The Morgan fingerprint density at radius 1 is 1.19 bits per heavy atom. The molecule has 3 rings (SSSR count). The Hall–Kier alpha value is -3.13. The fraction of sp³-hybridized carbons (Fsp3) is 0.552. The molecule has 1 aliphatic rings. The molecule has 2 heterocycles. The average Bonchev–Trinajstić information content (AvgIpc) is 3.34. The summed E-state index contributed by atoms with van der Waals surface area (Å²) < 4.78 is 5.59. The summed E-state index contributed by atoms with van der Waals surface area (Å²) in [7, 11) is 0. The molecule has 0 saturated carbocycles. The Bertz CT molecular complexity index is 1080. The number of amides is 2. The minimum absolute atomic E-state index is 0.0467. The highest BCUT2D eigenvalue weighted by Crippen LogP contribution is 2.40. The molecule has 8 nitrogen and oxygen atoms in total. The van der Waals surface area contributed by atoms with Crippen molar-refractivity contribution in [2.45, 2.75) is 78.9 Å². The van der Waals surface area contributed by atoms with Crippen molar-refractivity contribution in [3.8, 4) is 0 Å². The van der Waals surface area contributed by atoms with Gasteiger partial charge in [0.2, 0.25) is 11.8 Å². The normalized spacial score (nSPS) is 16.5. The van der Waals surface area contributed by atoms with E-state index in [4.69, 9.17) is 10.2 Å². The average molecular weight is 511 g/mol. The molecule has 0 spiro atoms. The van der Waals surface area contributed by atoms with Gasteiger partial charge in [0.25, 0.3) is 0 Å². The minimum atomic E-state index is -1.10. The maximum atomic E-state index is 13.9. The van der Waals surface area contributed by atoms with Gasteiger partial charge in [-0.15, -0.1) is 0 Å². The Balaban J connectivity index is 1.94. The van der Waals surface area contributed by atoms with Crippen LogP contribution in [0.5, 0.6) is 0 Å². The van der Waals surface area contributed by atoms with Crippen molar-refractivity contribution in [2.24, 2.45) is 17.6 Å². The largest absolute Gasteiger partial charge is 0.467 e. The zero-order valence-corrected chi connectivity index (χ0v) is 23.0. The van der Waals surface area contributed by atoms with Gasteiger partial charge < -0.3 is 25.3 Å². The predicted molar refractivity (Wildman–Crippen MR) is 146 cm³/mol. The number of carbonyl (C=O) groups excluding carboxylic acids is 3. The number of nitrogens with zero attached hydrogens (tertiary/aromatic N) is 2. The van der Waals surface area contributed by atoms with Crippen LogP contribution in [0.15, 0.2) is 41.0 Å². The van der Waals surface area contributed by atoms with Crippen LogP contribution in [0.4, 0.5) is 11.4 Å². The van der Waals surface area contributed by atoms with E-state index in [0.717, 1.165) is 30.0 Å². The summed E-state index contributed by atoms with van der Waals surface area (Å²) in [6.45, 7) is 13.3. The highest BCUT2D eigenvalue weighted by atomic mass is 16.3. The fourth-order valence-corrected chi connectivity index (χ4v) is 4.90. The minimum Gasteiger partial charge on any atom is -0.467 e. The molecule has 8 heteroatoms. The molecule has 0 fully saturated rings. The van der Waals surface area contributed by atoms with E-state index in [1.165, 1.54) is 0 Å². The van der Waals surface area contributed by atoms with E-state index >= 15 is 0 Å². The first-order chi connectivity index (χ1) is 17.5. The number of anilines is 2. The lowest BCUT2D eigenvalue weighted by Gasteiger charge is -2.38. The first-order valence-corrected chi connectivity index (χ1v) is 13.3. The SMILES string of the molecule is CCN(CC)c1cccc2c1N(Cc1ccco1)C(=O)C(CC(=O)[C@@H](CC(C)C)NC(=O)C(C)(C)N)C2. The monoisotopic (exact) mass is 510 g/mol. The third-order valence-electron chi connectivity index (χ3n) is 6.88. The molecule has 0 aliphatic carbocycles. The number of benzene rings is 1. The smallest absolute Gasteiger partial charge is 0.240 e. The number of nitrogens with one attached hydrogen (secondary N) is 1. The van der Waals surface area contributed by atoms with Gasteiger partial charge in [0.1, 0.15) is 5.76 Å². The molecule has 2 amide bonds. The van der Waals surface area contributed by atoms with Crippen molar-refractivity contribution < 1.29 is 18.8 Å². The number of para-hydroxylation sites is 1. The van der Waals surface area contributed by atoms with E-state index in [0.29, 0.717) is 18.6 Å². The highest BCUT2D eigenvalue weighted by Gasteiger charge is 2.38. The van der Waals surface area contributed by atoms with Crippen molar-refractivity contribution in [1.29, 1.82) is 0 Å². The Morgan fingerprint density at radius 2 is 1.89 bits per heavy atom. The molecule has 1 aromatic carbocycles. The van der Waals surface area contributed by atoms with Crippen LogP contribution in [0, 0.1) is 11.8 Å². The molecule has 1 unspecified atom stereocenters. The molecule has 202 valence electrons. The molecular formula is C29H42N4O4. The summed E-state index contributed by atoms with van der Waals surface area (Å²) in [5, 5.41) is 2.84. The Labute approximate surface area is 220 Å². The van der Waals surface area contributed by atoms with E-state index in [2.05, 4.69) is 24.1 Å². The standard InChI is InChI=1S/C29H42N4O4/c1-7-32(8-2)24-13-9-11-20-16-21(27(35)33(26(20)24)18-22-12-10-14-37-22)17-25(34)23(15-19(3)4)31-28(36)29(5,6)30/h9-14,19,21,23H,7-8,15-18,30H2,1-6H3,(H,31,36)/t21?,23-/m1/s1. The van der Waals surface area contributed by atoms with E-state index in [-0.39, 0.29) is 36.5 Å². The van der Waals surface area contributed by atoms with Crippen molar-refractivity contribution in [2.75, 3.05) is 22.9 Å². The summed E-state index contributed by atoms with van der Waals surface area (Å²) in [6.07, 6.45) is 2.60. The number of hydrogen-bond donors (Lipinski definition) is 2. The maximum absolute atomic E-state index is 13.9. The molecule has 1 aromatic heterocycles. The number of fused-ring (bicyclic) bond motifs is 1. The lowest BCUT2D eigenvalue weighted by Crippen LogP contribution is -2.54. The van der Waals surface area contributed by atoms with Crippen LogP contribution < -0.4 is 20.9 Å². The first-order valence-electron chi connectivity index (χ1n) is 13.3. The molecule has 37 heavy (non-hydrogen) atoms. The van der Waals surface area contributed by atoms with Gasteiger partial charge in [-0.3, -0.25) is 14.4 Å². The Morgan fingerprint density at radius 3 is 2.46 bits per heavy atom. The van der Waals surface area contributed by atoms with Crippen LogP contribution in [0.3, 0.4) is 0 Å². The number of ketones is 1. The van der Waals surface area contributed by atoms with E-state index in [1.54, 1.807) is 31.1 Å². The van der Waals surface area contributed by atoms with Crippen LogP contribution in [-0.2, 0) is 27.3 Å². The van der Waals surface area contributed by atoms with Gasteiger partial charge >= 0.3 is 0 Å². The molecule has 0 bridgehead atoms. The van der Waals surface area contributed by atoms with Crippen LogP contribution in [0.25, 0.3) is 0 Å². The highest BCUT2D eigenvalue weighted by molar-refractivity contribution is 6.04. The van der Waals surface area contributed by atoms with Crippen molar-refractivity contribution in [3.05, 3.63) is 47.9 Å². The second-order valence-electron chi connectivity index (χ2n) is 10.9. The second-order valence-corrected chi connectivity index (χ2v) is 10.9. The fourth-order valence-electron chi connectivity index (χ4n) is 4.90. The number of Topliss-reactive ketones (excluding diaryl/α,β-unsaturated/α-hetero) is 1. The van der Waals surface area contributed by atoms with Crippen molar-refractivity contribution in [3.63, 3.8) is 0 Å². The van der Waals surface area contributed by atoms with Gasteiger partial charge in [0.15, 0.2) is 5.78 Å². The summed E-state index contributed by atoms with van der Waals surface area (Å²) in [5.74, 6) is -0.299. The van der Waals surface area contributed by atoms with Crippen LogP contribution >= 0.6 is 0 Å². The van der Waals surface area contributed by atoms with E-state index < -0.39 is 17.5 Å². The molecule has 2 atom stereocenters. The molecule has 0 saturated heterocycles. The number of furan rings is 1. The van der Waals surface area contributed by atoms with E-state index in [1.807, 2.05) is 38.1 Å². The predicted octanol–water partition coefficient (Wildman–Crippen LogP) is 4.06. The summed E-state index contributed by atoms with van der Waals surface area (Å²) in [6, 6.07) is 9.06. The van der Waals surface area contributed by atoms with Crippen LogP contribution in [-0.4, -0.2) is 42.3 Å². The molecule has 1 aliphatic heterocycles. The molecule has 2 aromatic rings.